The van der Waals surface area contributed by atoms with Crippen molar-refractivity contribution >= 4 is 0 Å². The van der Waals surface area contributed by atoms with E-state index in [9.17, 15) is 0 Å². The first-order valence-corrected chi connectivity index (χ1v) is 6.29. The number of nitrogens with one attached hydrogen (secondary N) is 1. The van der Waals surface area contributed by atoms with Crippen LogP contribution in [0.4, 0.5) is 0 Å². The standard InChI is InChI=1S/C14H21NO2/c1-3-17-14-8-12(9-14)15-10-11-5-4-6-13(7-11)16-2/h4-7,12,14-15H,3,8-10H2,1-2H3. The molecule has 0 heterocycles. The Morgan fingerprint density at radius 2 is 2.18 bits per heavy atom. The van der Waals surface area contributed by atoms with Crippen LogP contribution in [0.15, 0.2) is 24.3 Å². The molecule has 1 saturated carbocycles. The minimum absolute atomic E-state index is 0.475. The molecular weight excluding hydrogens is 214 g/mol. The van der Waals surface area contributed by atoms with E-state index in [4.69, 9.17) is 9.47 Å². The van der Waals surface area contributed by atoms with Crippen LogP contribution in [-0.2, 0) is 11.3 Å². The van der Waals surface area contributed by atoms with E-state index in [-0.39, 0.29) is 0 Å². The van der Waals surface area contributed by atoms with E-state index >= 15 is 0 Å². The van der Waals surface area contributed by atoms with E-state index in [1.54, 1.807) is 7.11 Å². The fourth-order valence-electron chi connectivity index (χ4n) is 2.15. The van der Waals surface area contributed by atoms with Gasteiger partial charge in [0.2, 0.25) is 0 Å². The summed E-state index contributed by atoms with van der Waals surface area (Å²) in [7, 11) is 1.70. The van der Waals surface area contributed by atoms with Gasteiger partial charge in [0.05, 0.1) is 13.2 Å². The van der Waals surface area contributed by atoms with Gasteiger partial charge in [-0.05, 0) is 37.5 Å². The first kappa shape index (κ1) is 12.4. The summed E-state index contributed by atoms with van der Waals surface area (Å²) in [5, 5.41) is 3.54. The monoisotopic (exact) mass is 235 g/mol. The van der Waals surface area contributed by atoms with E-state index in [0.717, 1.165) is 31.7 Å². The van der Waals surface area contributed by atoms with Crippen LogP contribution >= 0.6 is 0 Å². The normalized spacial score (nSPS) is 23.2. The van der Waals surface area contributed by atoms with Gasteiger partial charge in [-0.3, -0.25) is 0 Å². The smallest absolute Gasteiger partial charge is 0.119 e. The first-order valence-electron chi connectivity index (χ1n) is 6.29. The van der Waals surface area contributed by atoms with Gasteiger partial charge in [0, 0.05) is 19.2 Å². The Morgan fingerprint density at radius 1 is 1.35 bits per heavy atom. The molecule has 1 N–H and O–H groups in total. The molecule has 0 spiro atoms. The van der Waals surface area contributed by atoms with Crippen LogP contribution in [0.1, 0.15) is 25.3 Å². The van der Waals surface area contributed by atoms with Crippen LogP contribution < -0.4 is 10.1 Å². The second-order valence-electron chi connectivity index (χ2n) is 4.48. The average Bonchev–Trinajstić information content (AvgIpc) is 2.32. The van der Waals surface area contributed by atoms with Crippen LogP contribution in [0, 0.1) is 0 Å². The summed E-state index contributed by atoms with van der Waals surface area (Å²) < 4.78 is 10.7. The molecule has 1 aromatic carbocycles. The molecule has 3 nitrogen and oxygen atoms in total. The number of ether oxygens (including phenoxy) is 2. The molecular formula is C14H21NO2. The second kappa shape index (κ2) is 6.03. The zero-order chi connectivity index (χ0) is 12.1. The SMILES string of the molecule is CCOC1CC(NCc2cccc(OC)c2)C1. The Bertz CT molecular complexity index is 348. The highest BCUT2D eigenvalue weighted by molar-refractivity contribution is 5.28. The lowest BCUT2D eigenvalue weighted by molar-refractivity contribution is -0.0102. The van der Waals surface area contributed by atoms with Crippen molar-refractivity contribution in [2.45, 2.75) is 38.5 Å². The topological polar surface area (TPSA) is 30.5 Å². The van der Waals surface area contributed by atoms with Gasteiger partial charge in [0.25, 0.3) is 0 Å². The van der Waals surface area contributed by atoms with E-state index in [2.05, 4.69) is 24.4 Å². The lowest BCUT2D eigenvalue weighted by Gasteiger charge is -2.35. The molecule has 0 aromatic heterocycles. The quantitative estimate of drug-likeness (QED) is 0.821. The lowest BCUT2D eigenvalue weighted by Crippen LogP contribution is -2.45. The molecule has 0 aliphatic heterocycles. The summed E-state index contributed by atoms with van der Waals surface area (Å²) in [6, 6.07) is 8.80. The molecule has 2 rings (SSSR count). The summed E-state index contributed by atoms with van der Waals surface area (Å²) >= 11 is 0. The fourth-order valence-corrected chi connectivity index (χ4v) is 2.15. The van der Waals surface area contributed by atoms with Gasteiger partial charge in [0.1, 0.15) is 5.75 Å². The molecule has 1 fully saturated rings. The molecule has 94 valence electrons. The van der Waals surface area contributed by atoms with Gasteiger partial charge in [-0.25, -0.2) is 0 Å². The van der Waals surface area contributed by atoms with Crippen molar-refractivity contribution in [2.24, 2.45) is 0 Å². The largest absolute Gasteiger partial charge is 0.497 e. The summed E-state index contributed by atoms with van der Waals surface area (Å²) in [4.78, 5) is 0. The van der Waals surface area contributed by atoms with Crippen LogP contribution in [0.25, 0.3) is 0 Å². The van der Waals surface area contributed by atoms with Gasteiger partial charge in [-0.1, -0.05) is 12.1 Å². The summed E-state index contributed by atoms with van der Waals surface area (Å²) in [5.74, 6) is 0.921. The summed E-state index contributed by atoms with van der Waals surface area (Å²) in [6.45, 7) is 3.78. The van der Waals surface area contributed by atoms with E-state index in [1.807, 2.05) is 12.1 Å². The molecule has 0 bridgehead atoms. The van der Waals surface area contributed by atoms with Crippen molar-refractivity contribution in [1.82, 2.24) is 5.32 Å². The predicted octanol–water partition coefficient (Wildman–Crippen LogP) is 2.35. The van der Waals surface area contributed by atoms with E-state index in [1.165, 1.54) is 5.56 Å². The van der Waals surface area contributed by atoms with Crippen molar-refractivity contribution < 1.29 is 9.47 Å². The maximum Gasteiger partial charge on any atom is 0.119 e. The van der Waals surface area contributed by atoms with Crippen LogP contribution in [0.3, 0.4) is 0 Å². The Kier molecular flexibility index (Phi) is 4.40. The fraction of sp³-hybridized carbons (Fsp3) is 0.571. The Labute approximate surface area is 103 Å². The number of benzene rings is 1. The highest BCUT2D eigenvalue weighted by atomic mass is 16.5. The third-order valence-electron chi connectivity index (χ3n) is 3.23. The van der Waals surface area contributed by atoms with Crippen LogP contribution in [-0.4, -0.2) is 25.9 Å². The van der Waals surface area contributed by atoms with Crippen molar-refractivity contribution in [3.63, 3.8) is 0 Å². The highest BCUT2D eigenvalue weighted by Gasteiger charge is 2.28. The minimum atomic E-state index is 0.475. The van der Waals surface area contributed by atoms with Crippen LogP contribution in [0.2, 0.25) is 0 Å². The van der Waals surface area contributed by atoms with E-state index in [0.29, 0.717) is 12.1 Å². The third kappa shape index (κ3) is 3.45. The van der Waals surface area contributed by atoms with Gasteiger partial charge >= 0.3 is 0 Å². The average molecular weight is 235 g/mol. The number of hydrogen-bond donors (Lipinski definition) is 1. The molecule has 1 aliphatic rings. The number of methoxy groups -OCH3 is 1. The maximum atomic E-state index is 5.54. The first-order chi connectivity index (χ1) is 8.31. The summed E-state index contributed by atoms with van der Waals surface area (Å²) in [6.07, 6.45) is 2.75. The Hall–Kier alpha value is -1.06. The van der Waals surface area contributed by atoms with Gasteiger partial charge < -0.3 is 14.8 Å². The predicted molar refractivity (Wildman–Crippen MR) is 68.3 cm³/mol. The molecule has 0 atom stereocenters. The molecule has 0 saturated heterocycles. The summed E-state index contributed by atoms with van der Waals surface area (Å²) in [5.41, 5.74) is 1.27. The molecule has 17 heavy (non-hydrogen) atoms. The van der Waals surface area contributed by atoms with Gasteiger partial charge in [-0.2, -0.15) is 0 Å². The van der Waals surface area contributed by atoms with Crippen molar-refractivity contribution in [1.29, 1.82) is 0 Å². The van der Waals surface area contributed by atoms with E-state index < -0.39 is 0 Å². The zero-order valence-corrected chi connectivity index (χ0v) is 10.6. The Balaban J connectivity index is 1.72. The van der Waals surface area contributed by atoms with Gasteiger partial charge in [-0.15, -0.1) is 0 Å². The minimum Gasteiger partial charge on any atom is -0.497 e. The molecule has 0 radical (unpaired) electrons. The number of rotatable bonds is 6. The van der Waals surface area contributed by atoms with Crippen LogP contribution in [0.5, 0.6) is 5.75 Å². The third-order valence-corrected chi connectivity index (χ3v) is 3.23. The van der Waals surface area contributed by atoms with Crippen molar-refractivity contribution in [3.8, 4) is 5.75 Å². The molecule has 0 unspecified atom stereocenters. The zero-order valence-electron chi connectivity index (χ0n) is 10.6. The molecule has 1 aromatic rings. The molecule has 3 heteroatoms. The van der Waals surface area contributed by atoms with Crippen molar-refractivity contribution in [2.75, 3.05) is 13.7 Å². The second-order valence-corrected chi connectivity index (χ2v) is 4.48. The molecule has 1 aliphatic carbocycles. The number of hydrogen-bond acceptors (Lipinski definition) is 3. The van der Waals surface area contributed by atoms with Gasteiger partial charge in [0.15, 0.2) is 0 Å². The highest BCUT2D eigenvalue weighted by Crippen LogP contribution is 2.23. The molecule has 0 amide bonds. The Morgan fingerprint density at radius 3 is 2.88 bits per heavy atom. The lowest BCUT2D eigenvalue weighted by atomic mass is 9.89. The van der Waals surface area contributed by atoms with Crippen molar-refractivity contribution in [3.05, 3.63) is 29.8 Å². The maximum absolute atomic E-state index is 5.54.